The molecule has 26 heavy (non-hydrogen) atoms. The highest BCUT2D eigenvalue weighted by Gasteiger charge is 2.16. The summed E-state index contributed by atoms with van der Waals surface area (Å²) in [5, 5.41) is 0. The number of imidazole rings is 1. The van der Waals surface area contributed by atoms with Crippen LogP contribution >= 0.6 is 0 Å². The highest BCUT2D eigenvalue weighted by atomic mass is 16.5. The van der Waals surface area contributed by atoms with Crippen LogP contribution in [0.15, 0.2) is 30.4 Å². The lowest BCUT2D eigenvalue weighted by Gasteiger charge is -2.12. The van der Waals surface area contributed by atoms with Gasteiger partial charge in [0, 0.05) is 6.07 Å². The molecule has 3 aromatic rings. The highest BCUT2D eigenvalue weighted by molar-refractivity contribution is 5.82. The Bertz CT molecular complexity index is 996. The Labute approximate surface area is 150 Å². The molecule has 134 valence electrons. The number of benzene rings is 1. The van der Waals surface area contributed by atoms with Crippen LogP contribution in [0.4, 0.5) is 5.82 Å². The second-order valence-electron chi connectivity index (χ2n) is 5.92. The van der Waals surface area contributed by atoms with Crippen molar-refractivity contribution in [3.8, 4) is 17.5 Å². The Balaban J connectivity index is 1.88. The van der Waals surface area contributed by atoms with Gasteiger partial charge in [0.1, 0.15) is 30.5 Å². The van der Waals surface area contributed by atoms with Crippen molar-refractivity contribution in [2.45, 2.75) is 13.5 Å². The van der Waals surface area contributed by atoms with E-state index in [0.29, 0.717) is 36.7 Å². The molecule has 1 aromatic carbocycles. The largest absolute Gasteiger partial charge is 0.497 e. The van der Waals surface area contributed by atoms with Crippen LogP contribution < -0.4 is 19.9 Å². The third-order valence-corrected chi connectivity index (χ3v) is 4.13. The maximum absolute atomic E-state index is 6.05. The molecule has 1 aliphatic heterocycles. The molecule has 0 aliphatic carbocycles. The molecule has 0 atom stereocenters. The number of ether oxygens (including phenoxy) is 3. The van der Waals surface area contributed by atoms with Crippen LogP contribution in [0.1, 0.15) is 11.4 Å². The van der Waals surface area contributed by atoms with E-state index in [1.54, 1.807) is 7.11 Å². The van der Waals surface area contributed by atoms with E-state index in [-0.39, 0.29) is 6.01 Å². The second kappa shape index (κ2) is 6.55. The molecule has 2 aromatic heterocycles. The van der Waals surface area contributed by atoms with Gasteiger partial charge in [-0.15, -0.1) is 0 Å². The number of methoxy groups -OCH3 is 1. The number of rotatable bonds is 1. The molecule has 0 fully saturated rings. The second-order valence-corrected chi connectivity index (χ2v) is 5.92. The topological polar surface area (TPSA) is 97.3 Å². The van der Waals surface area contributed by atoms with Crippen LogP contribution in [0.2, 0.25) is 0 Å². The van der Waals surface area contributed by atoms with Gasteiger partial charge in [0.15, 0.2) is 17.0 Å². The normalized spacial score (nSPS) is 15.2. The number of nitrogens with two attached hydrogens (primary N) is 1. The van der Waals surface area contributed by atoms with E-state index in [0.717, 1.165) is 22.9 Å². The van der Waals surface area contributed by atoms with Crippen LogP contribution in [0, 0.1) is 6.92 Å². The van der Waals surface area contributed by atoms with Crippen molar-refractivity contribution in [3.05, 3.63) is 41.7 Å². The van der Waals surface area contributed by atoms with Gasteiger partial charge in [0.2, 0.25) is 0 Å². The van der Waals surface area contributed by atoms with E-state index in [9.17, 15) is 0 Å². The zero-order valence-corrected chi connectivity index (χ0v) is 14.6. The van der Waals surface area contributed by atoms with Crippen LogP contribution in [-0.4, -0.2) is 39.8 Å². The summed E-state index contributed by atoms with van der Waals surface area (Å²) in [7, 11) is 1.64. The fourth-order valence-electron chi connectivity index (χ4n) is 2.87. The number of hydrogen-bond donors (Lipinski definition) is 1. The van der Waals surface area contributed by atoms with Gasteiger partial charge in [0.05, 0.1) is 13.7 Å². The lowest BCUT2D eigenvalue weighted by molar-refractivity contribution is 0.329. The Morgan fingerprint density at radius 3 is 2.69 bits per heavy atom. The van der Waals surface area contributed by atoms with Gasteiger partial charge in [0.25, 0.3) is 0 Å². The van der Waals surface area contributed by atoms with Crippen molar-refractivity contribution in [2.75, 3.05) is 26.1 Å². The van der Waals surface area contributed by atoms with Crippen molar-refractivity contribution in [1.29, 1.82) is 0 Å². The molecule has 4 rings (SSSR count). The zero-order chi connectivity index (χ0) is 18.1. The fraction of sp³-hybridized carbons (Fsp3) is 0.278. The summed E-state index contributed by atoms with van der Waals surface area (Å²) in [5.74, 6) is 2.56. The molecule has 0 radical (unpaired) electrons. The first-order valence-electron chi connectivity index (χ1n) is 8.23. The molecule has 3 heterocycles. The van der Waals surface area contributed by atoms with E-state index in [1.807, 2.05) is 41.8 Å². The number of hydrogen-bond acceptors (Lipinski definition) is 7. The summed E-state index contributed by atoms with van der Waals surface area (Å²) >= 11 is 0. The van der Waals surface area contributed by atoms with Crippen LogP contribution in [0.25, 0.3) is 11.2 Å². The number of anilines is 1. The fourth-order valence-corrected chi connectivity index (χ4v) is 2.87. The molecule has 0 unspecified atom stereocenters. The maximum atomic E-state index is 6.05. The summed E-state index contributed by atoms with van der Waals surface area (Å²) in [6.45, 7) is 3.20. The molecule has 1 aliphatic rings. The molecule has 0 saturated heterocycles. The quantitative estimate of drug-likeness (QED) is 0.669. The van der Waals surface area contributed by atoms with Gasteiger partial charge in [-0.3, -0.25) is 0 Å². The van der Waals surface area contributed by atoms with E-state index >= 15 is 0 Å². The Morgan fingerprint density at radius 2 is 1.88 bits per heavy atom. The highest BCUT2D eigenvalue weighted by Crippen LogP contribution is 2.26. The first-order chi connectivity index (χ1) is 12.6. The average Bonchev–Trinajstić information content (AvgIpc) is 2.94. The average molecular weight is 353 g/mol. The van der Waals surface area contributed by atoms with Gasteiger partial charge in [-0.2, -0.15) is 9.97 Å². The molecule has 0 saturated carbocycles. The minimum Gasteiger partial charge on any atom is -0.497 e. The predicted octanol–water partition coefficient (Wildman–Crippen LogP) is 2.10. The van der Waals surface area contributed by atoms with Gasteiger partial charge in [-0.1, -0.05) is 0 Å². The van der Waals surface area contributed by atoms with E-state index in [4.69, 9.17) is 19.9 Å². The van der Waals surface area contributed by atoms with Crippen molar-refractivity contribution >= 4 is 17.0 Å². The lowest BCUT2D eigenvalue weighted by atomic mass is 10.2. The summed E-state index contributed by atoms with van der Waals surface area (Å²) in [5.41, 5.74) is 8.26. The molecule has 4 bridgehead atoms. The zero-order valence-electron chi connectivity index (χ0n) is 14.6. The smallest absolute Gasteiger partial charge is 0.320 e. The molecule has 2 N–H and O–H groups in total. The standard InChI is InChI=1S/C18H19N5O3/c1-11-20-15-16(19)21-18-22-17(15)23(11)10-12-7-13(24-2)9-14(8-12)25-5-3-4-6-26-18/h3-4,7-9H,5-6,10H2,1-2H3,(H2,19,21,22)/b4-3-. The van der Waals surface area contributed by atoms with Crippen LogP contribution in [0.5, 0.6) is 17.5 Å². The van der Waals surface area contributed by atoms with Gasteiger partial charge in [-0.05, 0) is 36.8 Å². The van der Waals surface area contributed by atoms with Crippen molar-refractivity contribution in [3.63, 3.8) is 0 Å². The molecule has 0 spiro atoms. The van der Waals surface area contributed by atoms with Crippen molar-refractivity contribution in [2.24, 2.45) is 0 Å². The Hall–Kier alpha value is -3.29. The van der Waals surface area contributed by atoms with E-state index in [2.05, 4.69) is 15.0 Å². The summed E-state index contributed by atoms with van der Waals surface area (Å²) in [4.78, 5) is 13.2. The summed E-state index contributed by atoms with van der Waals surface area (Å²) in [6.07, 6.45) is 3.72. The first-order valence-corrected chi connectivity index (χ1v) is 8.23. The minimum atomic E-state index is 0.227. The van der Waals surface area contributed by atoms with Crippen molar-refractivity contribution in [1.82, 2.24) is 19.5 Å². The van der Waals surface area contributed by atoms with E-state index in [1.165, 1.54) is 0 Å². The third-order valence-electron chi connectivity index (χ3n) is 4.13. The van der Waals surface area contributed by atoms with Crippen LogP contribution in [-0.2, 0) is 6.54 Å². The minimum absolute atomic E-state index is 0.227. The number of aromatic nitrogens is 4. The third kappa shape index (κ3) is 3.01. The van der Waals surface area contributed by atoms with Gasteiger partial charge in [-0.25, -0.2) is 4.98 Å². The maximum Gasteiger partial charge on any atom is 0.320 e. The summed E-state index contributed by atoms with van der Waals surface area (Å²) < 4.78 is 18.7. The number of nitrogens with zero attached hydrogens (tertiary/aromatic N) is 4. The predicted molar refractivity (Wildman–Crippen MR) is 96.7 cm³/mol. The molecule has 8 heteroatoms. The molecule has 0 amide bonds. The number of fused-ring (bicyclic) bond motifs is 3. The Morgan fingerprint density at radius 1 is 1.08 bits per heavy atom. The number of nitrogen functional groups attached to an aromatic ring is 1. The monoisotopic (exact) mass is 353 g/mol. The lowest BCUT2D eigenvalue weighted by Crippen LogP contribution is -2.07. The molecular formula is C18H19N5O3. The number of aryl methyl sites for hydroxylation is 1. The van der Waals surface area contributed by atoms with Gasteiger partial charge >= 0.3 is 6.01 Å². The summed E-state index contributed by atoms with van der Waals surface area (Å²) in [6, 6.07) is 6.03. The van der Waals surface area contributed by atoms with Gasteiger partial charge < -0.3 is 24.5 Å². The molecular weight excluding hydrogens is 334 g/mol. The SMILES string of the molecule is COc1cc2cc(c1)OC/C=C\COc1nc(N)c3nc(C)n(c3n1)C2. The first kappa shape index (κ1) is 16.2. The molecule has 8 nitrogen and oxygen atoms in total. The van der Waals surface area contributed by atoms with Crippen molar-refractivity contribution < 1.29 is 14.2 Å². The Kier molecular flexibility index (Phi) is 4.08. The van der Waals surface area contributed by atoms with Crippen LogP contribution in [0.3, 0.4) is 0 Å². The van der Waals surface area contributed by atoms with E-state index < -0.39 is 0 Å².